The van der Waals surface area contributed by atoms with E-state index in [1.54, 1.807) is 0 Å². The van der Waals surface area contributed by atoms with E-state index in [0.29, 0.717) is 19.1 Å². The molecule has 0 aliphatic heterocycles. The van der Waals surface area contributed by atoms with Crippen LogP contribution < -0.4 is 5.32 Å². The summed E-state index contributed by atoms with van der Waals surface area (Å²) in [6.45, 7) is 5.12. The molecule has 0 saturated heterocycles. The topological polar surface area (TPSA) is 34.0 Å². The summed E-state index contributed by atoms with van der Waals surface area (Å²) in [4.78, 5) is 12.6. The van der Waals surface area contributed by atoms with E-state index in [0.717, 1.165) is 21.8 Å². The molecular weight excluding hydrogens is 320 g/mol. The van der Waals surface area contributed by atoms with Gasteiger partial charge in [0.15, 0.2) is 5.78 Å². The minimum Gasteiger partial charge on any atom is -0.345 e. The van der Waals surface area contributed by atoms with Crippen molar-refractivity contribution in [2.75, 3.05) is 6.54 Å². The predicted molar refractivity (Wildman–Crippen MR) is 98.9 cm³/mol. The van der Waals surface area contributed by atoms with Gasteiger partial charge in [0.1, 0.15) is 0 Å². The molecule has 0 bridgehead atoms. The lowest BCUT2D eigenvalue weighted by molar-refractivity contribution is 0.0990. The van der Waals surface area contributed by atoms with Crippen molar-refractivity contribution in [1.29, 1.82) is 0 Å². The molecule has 24 heavy (non-hydrogen) atoms. The molecule has 1 aliphatic rings. The highest BCUT2D eigenvalue weighted by Gasteiger charge is 2.23. The van der Waals surface area contributed by atoms with E-state index in [1.807, 2.05) is 30.3 Å². The summed E-state index contributed by atoms with van der Waals surface area (Å²) in [5.41, 5.74) is 4.19. The molecule has 1 N–H and O–H groups in total. The van der Waals surface area contributed by atoms with E-state index in [-0.39, 0.29) is 5.78 Å². The Morgan fingerprint density at radius 3 is 2.67 bits per heavy atom. The third kappa shape index (κ3) is 3.57. The molecular formula is C20H25ClN2O. The highest BCUT2D eigenvalue weighted by atomic mass is 35.5. The molecule has 0 spiro atoms. The van der Waals surface area contributed by atoms with Crippen molar-refractivity contribution in [2.24, 2.45) is 0 Å². The van der Waals surface area contributed by atoms with Crippen molar-refractivity contribution in [1.82, 2.24) is 9.88 Å². The molecule has 1 fully saturated rings. The number of benzene rings is 1. The minimum atomic E-state index is 0.152. The third-order valence-corrected chi connectivity index (χ3v) is 5.40. The van der Waals surface area contributed by atoms with Crippen LogP contribution in [0.15, 0.2) is 30.3 Å². The summed E-state index contributed by atoms with van der Waals surface area (Å²) >= 11 is 6.15. The van der Waals surface area contributed by atoms with Gasteiger partial charge in [-0.1, -0.05) is 42.6 Å². The van der Waals surface area contributed by atoms with E-state index in [9.17, 15) is 4.79 Å². The molecule has 128 valence electrons. The van der Waals surface area contributed by atoms with Gasteiger partial charge in [0.2, 0.25) is 0 Å². The van der Waals surface area contributed by atoms with Crippen LogP contribution in [0.3, 0.4) is 0 Å². The van der Waals surface area contributed by atoms with Crippen molar-refractivity contribution in [3.8, 4) is 0 Å². The van der Waals surface area contributed by atoms with Crippen LogP contribution in [0.25, 0.3) is 0 Å². The maximum atomic E-state index is 12.6. The quantitative estimate of drug-likeness (QED) is 0.760. The average molecular weight is 345 g/mol. The molecule has 0 radical (unpaired) electrons. The zero-order valence-corrected chi connectivity index (χ0v) is 15.2. The van der Waals surface area contributed by atoms with E-state index >= 15 is 0 Å². The lowest BCUT2D eigenvalue weighted by atomic mass is 10.1. The number of carbonyl (C=O) groups is 1. The first-order chi connectivity index (χ1) is 11.6. The van der Waals surface area contributed by atoms with E-state index < -0.39 is 0 Å². The summed E-state index contributed by atoms with van der Waals surface area (Å²) in [6.07, 6.45) is 5.05. The monoisotopic (exact) mass is 344 g/mol. The second kappa shape index (κ2) is 7.54. The van der Waals surface area contributed by atoms with Gasteiger partial charge in [0, 0.05) is 34.6 Å². The smallest absolute Gasteiger partial charge is 0.178 e. The fourth-order valence-corrected chi connectivity index (χ4v) is 4.03. The molecule has 0 atom stereocenters. The van der Waals surface area contributed by atoms with E-state index in [4.69, 9.17) is 11.6 Å². The van der Waals surface area contributed by atoms with Crippen LogP contribution in [0.1, 0.15) is 59.0 Å². The summed E-state index contributed by atoms with van der Waals surface area (Å²) in [6, 6.07) is 10.3. The van der Waals surface area contributed by atoms with Crippen molar-refractivity contribution in [3.63, 3.8) is 0 Å². The molecule has 1 aromatic carbocycles. The Morgan fingerprint density at radius 1 is 1.25 bits per heavy atom. The van der Waals surface area contributed by atoms with Crippen LogP contribution in [-0.4, -0.2) is 16.9 Å². The van der Waals surface area contributed by atoms with Gasteiger partial charge in [-0.15, -0.1) is 0 Å². The number of halogens is 1. The van der Waals surface area contributed by atoms with Crippen molar-refractivity contribution < 1.29 is 4.79 Å². The lowest BCUT2D eigenvalue weighted by Crippen LogP contribution is -2.23. The van der Waals surface area contributed by atoms with Gasteiger partial charge in [0.25, 0.3) is 0 Å². The largest absolute Gasteiger partial charge is 0.345 e. The van der Waals surface area contributed by atoms with E-state index in [1.165, 1.54) is 31.4 Å². The zero-order valence-electron chi connectivity index (χ0n) is 14.4. The molecule has 3 rings (SSSR count). The number of ketones is 1. The predicted octanol–water partition coefficient (Wildman–Crippen LogP) is 4.85. The molecule has 1 aromatic heterocycles. The Labute approximate surface area is 149 Å². The zero-order chi connectivity index (χ0) is 17.1. The second-order valence-corrected chi connectivity index (χ2v) is 7.12. The number of nitrogens with one attached hydrogen (secondary N) is 1. The molecule has 3 nitrogen and oxygen atoms in total. The number of aromatic nitrogens is 1. The summed E-state index contributed by atoms with van der Waals surface area (Å²) in [7, 11) is 0. The number of carbonyl (C=O) groups excluding carboxylic acids is 1. The van der Waals surface area contributed by atoms with E-state index in [2.05, 4.69) is 23.7 Å². The van der Waals surface area contributed by atoms with Gasteiger partial charge in [-0.25, -0.2) is 0 Å². The highest BCUT2D eigenvalue weighted by molar-refractivity contribution is 6.31. The molecule has 1 aliphatic carbocycles. The Bertz CT molecular complexity index is 729. The normalized spacial score (nSPS) is 15.1. The van der Waals surface area contributed by atoms with Crippen molar-refractivity contribution >= 4 is 17.4 Å². The van der Waals surface area contributed by atoms with Gasteiger partial charge in [-0.3, -0.25) is 4.79 Å². The molecule has 1 saturated carbocycles. The Balaban J connectivity index is 1.65. The number of Topliss-reactive ketones (excluding diaryl/α,β-unsaturated/α-hetero) is 1. The van der Waals surface area contributed by atoms with Gasteiger partial charge in [-0.2, -0.15) is 0 Å². The summed E-state index contributed by atoms with van der Waals surface area (Å²) in [5.74, 6) is 0.152. The summed E-state index contributed by atoms with van der Waals surface area (Å²) in [5, 5.41) is 3.96. The lowest BCUT2D eigenvalue weighted by Gasteiger charge is -2.17. The minimum absolute atomic E-state index is 0.152. The van der Waals surface area contributed by atoms with Crippen LogP contribution in [0, 0.1) is 13.8 Å². The number of aryl methyl sites for hydroxylation is 1. The molecule has 4 heteroatoms. The standard InChI is InChI=1S/C20H25ClN2O/c1-14-11-18(15(2)23(14)17-8-4-5-9-17)20(24)13-22-12-16-7-3-6-10-19(16)21/h3,6-7,10-11,17,22H,4-5,8-9,12-13H2,1-2H3. The van der Waals surface area contributed by atoms with Gasteiger partial charge >= 0.3 is 0 Å². The van der Waals surface area contributed by atoms with Gasteiger partial charge in [-0.05, 0) is 44.4 Å². The Hall–Kier alpha value is -1.58. The highest BCUT2D eigenvalue weighted by Crippen LogP contribution is 2.33. The average Bonchev–Trinajstić information content (AvgIpc) is 3.17. The van der Waals surface area contributed by atoms with Gasteiger partial charge < -0.3 is 9.88 Å². The number of nitrogens with zero attached hydrogens (tertiary/aromatic N) is 1. The molecule has 0 amide bonds. The number of rotatable bonds is 6. The second-order valence-electron chi connectivity index (χ2n) is 6.71. The first kappa shape index (κ1) is 17.2. The van der Waals surface area contributed by atoms with Crippen molar-refractivity contribution in [3.05, 3.63) is 57.9 Å². The van der Waals surface area contributed by atoms with Crippen molar-refractivity contribution in [2.45, 2.75) is 52.1 Å². The van der Waals surface area contributed by atoms with Crippen LogP contribution in [0.4, 0.5) is 0 Å². The van der Waals surface area contributed by atoms with Crippen LogP contribution in [0.2, 0.25) is 5.02 Å². The van der Waals surface area contributed by atoms with Gasteiger partial charge in [0.05, 0.1) is 6.54 Å². The molecule has 0 unspecified atom stereocenters. The third-order valence-electron chi connectivity index (χ3n) is 5.03. The fourth-order valence-electron chi connectivity index (χ4n) is 3.83. The maximum Gasteiger partial charge on any atom is 0.178 e. The Kier molecular flexibility index (Phi) is 5.42. The molecule has 1 heterocycles. The van der Waals surface area contributed by atoms with Crippen LogP contribution >= 0.6 is 11.6 Å². The fraction of sp³-hybridized carbons (Fsp3) is 0.450. The number of hydrogen-bond donors (Lipinski definition) is 1. The Morgan fingerprint density at radius 2 is 1.96 bits per heavy atom. The molecule has 2 aromatic rings. The maximum absolute atomic E-state index is 12.6. The van der Waals surface area contributed by atoms with Crippen LogP contribution in [0.5, 0.6) is 0 Å². The number of hydrogen-bond acceptors (Lipinski definition) is 2. The first-order valence-corrected chi connectivity index (χ1v) is 9.11. The van der Waals surface area contributed by atoms with Crippen LogP contribution in [-0.2, 0) is 6.54 Å². The first-order valence-electron chi connectivity index (χ1n) is 8.73. The summed E-state index contributed by atoms with van der Waals surface area (Å²) < 4.78 is 2.37. The SMILES string of the molecule is Cc1cc(C(=O)CNCc2ccccc2Cl)c(C)n1C1CCCC1.